The Morgan fingerprint density at radius 3 is 2.33 bits per heavy atom. The van der Waals surface area contributed by atoms with Gasteiger partial charge < -0.3 is 15.5 Å². The van der Waals surface area contributed by atoms with Crippen LogP contribution >= 0.6 is 11.8 Å². The maximum absolute atomic E-state index is 12.4. The molecule has 0 atom stereocenters. The highest BCUT2D eigenvalue weighted by Gasteiger charge is 2.29. The summed E-state index contributed by atoms with van der Waals surface area (Å²) in [5, 5.41) is 0. The Hall–Kier alpha value is -0.950. The van der Waals surface area contributed by atoms with Gasteiger partial charge >= 0.3 is 0 Å². The summed E-state index contributed by atoms with van der Waals surface area (Å²) >= 11 is 1.98. The molecule has 3 rings (SSSR count). The molecule has 1 amide bonds. The molecule has 0 spiro atoms. The van der Waals surface area contributed by atoms with E-state index >= 15 is 0 Å². The molecule has 0 unspecified atom stereocenters. The van der Waals surface area contributed by atoms with E-state index in [1.807, 2.05) is 11.8 Å². The summed E-state index contributed by atoms with van der Waals surface area (Å²) in [4.78, 5) is 23.7. The quantitative estimate of drug-likeness (QED) is 0.595. The first kappa shape index (κ1) is 17.9. The van der Waals surface area contributed by atoms with Gasteiger partial charge in [-0.3, -0.25) is 14.7 Å². The molecule has 136 valence electrons. The first-order chi connectivity index (χ1) is 11.7. The molecule has 2 aliphatic heterocycles. The van der Waals surface area contributed by atoms with Crippen molar-refractivity contribution in [2.75, 3.05) is 63.9 Å². The predicted molar refractivity (Wildman–Crippen MR) is 100 cm³/mol. The Kier molecular flexibility index (Phi) is 6.66. The van der Waals surface area contributed by atoms with Crippen LogP contribution in [0.3, 0.4) is 0 Å². The van der Waals surface area contributed by atoms with Crippen LogP contribution in [-0.4, -0.2) is 90.4 Å². The minimum atomic E-state index is 0.309. The van der Waals surface area contributed by atoms with Gasteiger partial charge in [0.1, 0.15) is 0 Å². The number of nitrogens with two attached hydrogens (primary N) is 1. The van der Waals surface area contributed by atoms with Crippen LogP contribution in [0.1, 0.15) is 25.7 Å². The number of guanidine groups is 1. The molecular weight excluding hydrogens is 322 g/mol. The molecule has 2 N–H and O–H groups in total. The minimum Gasteiger partial charge on any atom is -0.370 e. The van der Waals surface area contributed by atoms with Gasteiger partial charge in [0.05, 0.1) is 6.54 Å². The van der Waals surface area contributed by atoms with Gasteiger partial charge in [-0.25, -0.2) is 0 Å². The molecule has 0 bridgehead atoms. The predicted octanol–water partition coefficient (Wildman–Crippen LogP) is 0.684. The van der Waals surface area contributed by atoms with E-state index in [4.69, 9.17) is 5.73 Å². The summed E-state index contributed by atoms with van der Waals surface area (Å²) in [6.45, 7) is 7.41. The molecule has 0 aromatic heterocycles. The molecule has 0 aromatic carbocycles. The lowest BCUT2D eigenvalue weighted by Crippen LogP contribution is -2.50. The van der Waals surface area contributed by atoms with Crippen molar-refractivity contribution in [2.24, 2.45) is 16.6 Å². The van der Waals surface area contributed by atoms with Gasteiger partial charge in [-0.05, 0) is 12.8 Å². The van der Waals surface area contributed by atoms with Crippen molar-refractivity contribution in [1.82, 2.24) is 14.7 Å². The standard InChI is InChI=1S/C17H31N5OS/c18-17(22-11-13-24-14-12-22)19-5-6-20-7-9-21(10-8-20)16(23)15-3-1-2-4-15/h15H,1-14H2,(H2,18,19). The summed E-state index contributed by atoms with van der Waals surface area (Å²) < 4.78 is 0. The van der Waals surface area contributed by atoms with Crippen molar-refractivity contribution in [3.8, 4) is 0 Å². The fourth-order valence-electron chi connectivity index (χ4n) is 3.82. The molecule has 0 aromatic rings. The summed E-state index contributed by atoms with van der Waals surface area (Å²) in [7, 11) is 0. The maximum Gasteiger partial charge on any atom is 0.225 e. The van der Waals surface area contributed by atoms with E-state index in [-0.39, 0.29) is 0 Å². The highest BCUT2D eigenvalue weighted by atomic mass is 32.2. The van der Waals surface area contributed by atoms with Crippen molar-refractivity contribution < 1.29 is 4.79 Å². The second-order valence-electron chi connectivity index (χ2n) is 6.99. The van der Waals surface area contributed by atoms with Gasteiger partial charge in [0, 0.05) is 63.2 Å². The third-order valence-electron chi connectivity index (χ3n) is 5.41. The molecule has 1 saturated carbocycles. The molecule has 7 heteroatoms. The van der Waals surface area contributed by atoms with Gasteiger partial charge in [-0.2, -0.15) is 11.8 Å². The maximum atomic E-state index is 12.4. The molecule has 2 heterocycles. The average Bonchev–Trinajstić information content (AvgIpc) is 3.17. The largest absolute Gasteiger partial charge is 0.370 e. The highest BCUT2D eigenvalue weighted by molar-refractivity contribution is 7.99. The second kappa shape index (κ2) is 8.94. The van der Waals surface area contributed by atoms with Crippen LogP contribution in [-0.2, 0) is 4.79 Å². The minimum absolute atomic E-state index is 0.309. The number of thioether (sulfide) groups is 1. The number of amides is 1. The topological polar surface area (TPSA) is 65.2 Å². The molecule has 3 fully saturated rings. The first-order valence-corrected chi connectivity index (χ1v) is 10.5. The monoisotopic (exact) mass is 353 g/mol. The lowest BCUT2D eigenvalue weighted by molar-refractivity contribution is -0.137. The van der Waals surface area contributed by atoms with Crippen molar-refractivity contribution in [3.05, 3.63) is 0 Å². The van der Waals surface area contributed by atoms with E-state index in [0.29, 0.717) is 17.8 Å². The Balaban J connectivity index is 1.35. The fourth-order valence-corrected chi connectivity index (χ4v) is 4.72. The van der Waals surface area contributed by atoms with Crippen LogP contribution in [0.25, 0.3) is 0 Å². The van der Waals surface area contributed by atoms with Crippen LogP contribution in [0.15, 0.2) is 4.99 Å². The van der Waals surface area contributed by atoms with Gasteiger partial charge in [-0.1, -0.05) is 12.8 Å². The zero-order valence-corrected chi connectivity index (χ0v) is 15.5. The molecule has 0 radical (unpaired) electrons. The smallest absolute Gasteiger partial charge is 0.225 e. The zero-order chi connectivity index (χ0) is 16.8. The zero-order valence-electron chi connectivity index (χ0n) is 14.7. The van der Waals surface area contributed by atoms with Crippen LogP contribution in [0.5, 0.6) is 0 Å². The Morgan fingerprint density at radius 1 is 1.00 bits per heavy atom. The molecule has 6 nitrogen and oxygen atoms in total. The van der Waals surface area contributed by atoms with Crippen LogP contribution in [0, 0.1) is 5.92 Å². The number of aliphatic imine (C=N–C) groups is 1. The Labute approximate surface area is 149 Å². The van der Waals surface area contributed by atoms with E-state index in [1.165, 1.54) is 12.8 Å². The number of carbonyl (C=O) groups excluding carboxylic acids is 1. The van der Waals surface area contributed by atoms with Gasteiger partial charge in [-0.15, -0.1) is 0 Å². The van der Waals surface area contributed by atoms with Crippen LogP contribution < -0.4 is 5.73 Å². The second-order valence-corrected chi connectivity index (χ2v) is 8.21. The van der Waals surface area contributed by atoms with Crippen molar-refractivity contribution >= 4 is 23.6 Å². The van der Waals surface area contributed by atoms with Crippen LogP contribution in [0.2, 0.25) is 0 Å². The molecule has 24 heavy (non-hydrogen) atoms. The van der Waals surface area contributed by atoms with Crippen LogP contribution in [0.4, 0.5) is 0 Å². The molecule has 2 saturated heterocycles. The van der Waals surface area contributed by atoms with E-state index in [9.17, 15) is 4.79 Å². The van der Waals surface area contributed by atoms with E-state index in [2.05, 4.69) is 19.7 Å². The molecular formula is C17H31N5OS. The lowest BCUT2D eigenvalue weighted by Gasteiger charge is -2.35. The number of hydrogen-bond acceptors (Lipinski definition) is 4. The molecule has 1 aliphatic carbocycles. The SMILES string of the molecule is NC(=NCCN1CCN(C(=O)C2CCCC2)CC1)N1CCSCC1. The number of rotatable bonds is 4. The Bertz CT molecular complexity index is 438. The van der Waals surface area contributed by atoms with Gasteiger partial charge in [0.25, 0.3) is 0 Å². The number of carbonyl (C=O) groups is 1. The number of hydrogen-bond donors (Lipinski definition) is 1. The summed E-state index contributed by atoms with van der Waals surface area (Å²) in [5.41, 5.74) is 6.09. The van der Waals surface area contributed by atoms with E-state index < -0.39 is 0 Å². The number of nitrogens with zero attached hydrogens (tertiary/aromatic N) is 4. The van der Waals surface area contributed by atoms with E-state index in [1.54, 1.807) is 0 Å². The number of piperazine rings is 1. The normalized spacial score (nSPS) is 24.6. The van der Waals surface area contributed by atoms with E-state index in [0.717, 1.165) is 76.7 Å². The lowest BCUT2D eigenvalue weighted by atomic mass is 10.1. The first-order valence-electron chi connectivity index (χ1n) is 9.38. The average molecular weight is 354 g/mol. The Morgan fingerprint density at radius 2 is 1.67 bits per heavy atom. The van der Waals surface area contributed by atoms with Gasteiger partial charge in [0.15, 0.2) is 5.96 Å². The highest BCUT2D eigenvalue weighted by Crippen LogP contribution is 2.26. The third kappa shape index (κ3) is 4.79. The summed E-state index contributed by atoms with van der Waals surface area (Å²) in [6, 6.07) is 0. The van der Waals surface area contributed by atoms with Crippen molar-refractivity contribution in [2.45, 2.75) is 25.7 Å². The summed E-state index contributed by atoms with van der Waals surface area (Å²) in [5.74, 6) is 3.70. The molecule has 3 aliphatic rings. The van der Waals surface area contributed by atoms with Crippen molar-refractivity contribution in [1.29, 1.82) is 0 Å². The third-order valence-corrected chi connectivity index (χ3v) is 6.36. The van der Waals surface area contributed by atoms with Gasteiger partial charge in [0.2, 0.25) is 5.91 Å². The fraction of sp³-hybridized carbons (Fsp3) is 0.882. The summed E-state index contributed by atoms with van der Waals surface area (Å²) in [6.07, 6.45) is 4.65. The van der Waals surface area contributed by atoms with Crippen molar-refractivity contribution in [3.63, 3.8) is 0 Å².